The summed E-state index contributed by atoms with van der Waals surface area (Å²) >= 11 is 0. The van der Waals surface area contributed by atoms with Gasteiger partial charge < -0.3 is 9.67 Å². The van der Waals surface area contributed by atoms with Gasteiger partial charge in [-0.3, -0.25) is 4.79 Å². The van der Waals surface area contributed by atoms with E-state index in [1.807, 2.05) is 0 Å². The molecular weight excluding hydrogens is 234 g/mol. The molecule has 0 aromatic carbocycles. The van der Waals surface area contributed by atoms with E-state index in [1.54, 1.807) is 0 Å². The summed E-state index contributed by atoms with van der Waals surface area (Å²) in [4.78, 5) is 22.2. The summed E-state index contributed by atoms with van der Waals surface area (Å²) in [6, 6.07) is 1.16. The van der Waals surface area contributed by atoms with E-state index in [4.69, 9.17) is 5.11 Å². The van der Waals surface area contributed by atoms with Gasteiger partial charge in [0.15, 0.2) is 15.6 Å². The molecular formula is C9H11NO5S. The van der Waals surface area contributed by atoms with Crippen molar-refractivity contribution in [2.75, 3.05) is 12.0 Å². The number of carbonyl (C=O) groups is 2. The molecule has 0 atom stereocenters. The van der Waals surface area contributed by atoms with Crippen LogP contribution in [0.3, 0.4) is 0 Å². The van der Waals surface area contributed by atoms with Gasteiger partial charge in [-0.2, -0.15) is 0 Å². The monoisotopic (exact) mass is 245 g/mol. The van der Waals surface area contributed by atoms with Crippen LogP contribution in [0.25, 0.3) is 0 Å². The fraction of sp³-hybridized carbons (Fsp3) is 0.333. The summed E-state index contributed by atoms with van der Waals surface area (Å²) in [6.45, 7) is 0. The Hall–Kier alpha value is -1.63. The van der Waals surface area contributed by atoms with Crippen LogP contribution >= 0.6 is 0 Å². The van der Waals surface area contributed by atoms with Crippen LogP contribution in [0, 0.1) is 0 Å². The molecule has 1 heterocycles. The van der Waals surface area contributed by atoms with Gasteiger partial charge in [-0.1, -0.05) is 0 Å². The van der Waals surface area contributed by atoms with E-state index in [0.717, 1.165) is 12.3 Å². The average molecular weight is 245 g/mol. The number of aromatic carboxylic acids is 1. The van der Waals surface area contributed by atoms with Crippen LogP contribution in [0.15, 0.2) is 12.3 Å². The lowest BCUT2D eigenvalue weighted by atomic mass is 10.2. The van der Waals surface area contributed by atoms with Gasteiger partial charge in [0, 0.05) is 25.1 Å². The number of carbonyl (C=O) groups excluding carboxylic acids is 1. The van der Waals surface area contributed by atoms with Crippen molar-refractivity contribution in [3.05, 3.63) is 23.5 Å². The third kappa shape index (κ3) is 2.93. The van der Waals surface area contributed by atoms with E-state index in [2.05, 4.69) is 0 Å². The highest BCUT2D eigenvalue weighted by molar-refractivity contribution is 7.91. The Labute approximate surface area is 92.4 Å². The molecule has 1 aromatic heterocycles. The highest BCUT2D eigenvalue weighted by atomic mass is 32.2. The molecule has 0 saturated carbocycles. The lowest BCUT2D eigenvalue weighted by Gasteiger charge is -1.94. The lowest BCUT2D eigenvalue weighted by Crippen LogP contribution is -2.13. The Morgan fingerprint density at radius 3 is 2.38 bits per heavy atom. The van der Waals surface area contributed by atoms with Crippen LogP contribution < -0.4 is 0 Å². The van der Waals surface area contributed by atoms with Gasteiger partial charge in [0.05, 0.1) is 0 Å². The van der Waals surface area contributed by atoms with E-state index in [0.29, 0.717) is 0 Å². The molecule has 0 aliphatic carbocycles. The summed E-state index contributed by atoms with van der Waals surface area (Å²) < 4.78 is 23.1. The number of Topliss-reactive ketones (excluding diaryl/α,β-unsaturated/α-hetero) is 1. The minimum atomic E-state index is -3.40. The Balaban J connectivity index is 3.03. The van der Waals surface area contributed by atoms with Crippen molar-refractivity contribution in [3.8, 4) is 0 Å². The Morgan fingerprint density at radius 2 is 2.00 bits per heavy atom. The average Bonchev–Trinajstić information content (AvgIpc) is 2.44. The summed E-state index contributed by atoms with van der Waals surface area (Å²) in [5.41, 5.74) is 0.0298. The summed E-state index contributed by atoms with van der Waals surface area (Å²) in [6.07, 6.45) is 2.25. The van der Waals surface area contributed by atoms with Gasteiger partial charge in [-0.15, -0.1) is 0 Å². The van der Waals surface area contributed by atoms with Crippen molar-refractivity contribution >= 4 is 21.6 Å². The summed E-state index contributed by atoms with van der Waals surface area (Å²) in [5.74, 6) is -2.39. The normalized spacial score (nSPS) is 11.4. The van der Waals surface area contributed by atoms with Gasteiger partial charge in [0.2, 0.25) is 0 Å². The molecule has 0 aliphatic heterocycles. The number of hydrogen-bond acceptors (Lipinski definition) is 4. The number of sulfone groups is 1. The maximum Gasteiger partial charge on any atom is 0.352 e. The van der Waals surface area contributed by atoms with Gasteiger partial charge >= 0.3 is 5.97 Å². The maximum absolute atomic E-state index is 11.5. The first-order chi connectivity index (χ1) is 7.20. The maximum atomic E-state index is 11.5. The molecule has 0 saturated heterocycles. The van der Waals surface area contributed by atoms with E-state index in [-0.39, 0.29) is 11.3 Å². The van der Waals surface area contributed by atoms with Crippen molar-refractivity contribution in [1.29, 1.82) is 0 Å². The first kappa shape index (κ1) is 12.4. The first-order valence-corrected chi connectivity index (χ1v) is 6.37. The molecule has 16 heavy (non-hydrogen) atoms. The second-order valence-electron chi connectivity index (χ2n) is 3.52. The van der Waals surface area contributed by atoms with Crippen molar-refractivity contribution in [2.45, 2.75) is 0 Å². The van der Waals surface area contributed by atoms with Crippen LogP contribution in [0.5, 0.6) is 0 Å². The zero-order valence-corrected chi connectivity index (χ0v) is 9.61. The number of ketones is 1. The molecule has 0 aliphatic rings. The fourth-order valence-corrected chi connectivity index (χ4v) is 1.89. The minimum Gasteiger partial charge on any atom is -0.477 e. The van der Waals surface area contributed by atoms with Gasteiger partial charge in [0.25, 0.3) is 0 Å². The summed E-state index contributed by atoms with van der Waals surface area (Å²) in [5, 5.41) is 8.74. The molecule has 7 heteroatoms. The lowest BCUT2D eigenvalue weighted by molar-refractivity contribution is 0.0686. The SMILES string of the molecule is Cn1cc(C(=O)CS(C)(=O)=O)cc1C(=O)O. The van der Waals surface area contributed by atoms with Crippen LogP contribution in [-0.2, 0) is 16.9 Å². The predicted molar refractivity (Wildman–Crippen MR) is 56.4 cm³/mol. The number of carboxylic acids is 1. The van der Waals surface area contributed by atoms with Crippen molar-refractivity contribution in [2.24, 2.45) is 7.05 Å². The molecule has 0 spiro atoms. The third-order valence-electron chi connectivity index (χ3n) is 1.94. The van der Waals surface area contributed by atoms with Crippen molar-refractivity contribution in [3.63, 3.8) is 0 Å². The van der Waals surface area contributed by atoms with E-state index >= 15 is 0 Å². The second-order valence-corrected chi connectivity index (χ2v) is 5.66. The molecule has 0 amide bonds. The van der Waals surface area contributed by atoms with E-state index in [9.17, 15) is 18.0 Å². The first-order valence-electron chi connectivity index (χ1n) is 4.31. The molecule has 1 aromatic rings. The van der Waals surface area contributed by atoms with Gasteiger partial charge in [-0.05, 0) is 6.07 Å². The topological polar surface area (TPSA) is 93.4 Å². The van der Waals surface area contributed by atoms with Gasteiger partial charge in [0.1, 0.15) is 11.4 Å². The smallest absolute Gasteiger partial charge is 0.352 e. The van der Waals surface area contributed by atoms with Gasteiger partial charge in [-0.25, -0.2) is 13.2 Å². The quantitative estimate of drug-likeness (QED) is 0.751. The molecule has 0 fully saturated rings. The molecule has 88 valence electrons. The van der Waals surface area contributed by atoms with Crippen molar-refractivity contribution in [1.82, 2.24) is 4.57 Å². The molecule has 6 nitrogen and oxygen atoms in total. The Morgan fingerprint density at radius 1 is 1.44 bits per heavy atom. The number of rotatable bonds is 4. The molecule has 1 N–H and O–H groups in total. The van der Waals surface area contributed by atoms with Crippen molar-refractivity contribution < 1.29 is 23.1 Å². The van der Waals surface area contributed by atoms with E-state index < -0.39 is 27.3 Å². The second kappa shape index (κ2) is 4.09. The van der Waals surface area contributed by atoms with Crippen LogP contribution in [0.2, 0.25) is 0 Å². The number of hydrogen-bond donors (Lipinski definition) is 1. The number of aromatic nitrogens is 1. The fourth-order valence-electron chi connectivity index (χ4n) is 1.25. The third-order valence-corrected chi connectivity index (χ3v) is 2.73. The molecule has 0 radical (unpaired) electrons. The van der Waals surface area contributed by atoms with Crippen LogP contribution in [0.4, 0.5) is 0 Å². The highest BCUT2D eigenvalue weighted by Crippen LogP contribution is 2.09. The largest absolute Gasteiger partial charge is 0.477 e. The number of carboxylic acid groups (broad SMARTS) is 1. The van der Waals surface area contributed by atoms with E-state index in [1.165, 1.54) is 17.8 Å². The zero-order chi connectivity index (χ0) is 12.5. The highest BCUT2D eigenvalue weighted by Gasteiger charge is 2.18. The number of aryl methyl sites for hydroxylation is 1. The zero-order valence-electron chi connectivity index (χ0n) is 8.80. The Bertz CT molecular complexity index is 540. The Kier molecular flexibility index (Phi) is 3.18. The summed E-state index contributed by atoms with van der Waals surface area (Å²) in [7, 11) is -1.93. The predicted octanol–water partition coefficient (Wildman–Crippen LogP) is -0.0494. The molecule has 0 unspecified atom stereocenters. The molecule has 0 bridgehead atoms. The molecule has 1 rings (SSSR count). The van der Waals surface area contributed by atoms with Crippen LogP contribution in [-0.4, -0.2) is 41.9 Å². The standard InChI is InChI=1S/C9H11NO5S/c1-10-4-6(3-7(10)9(12)13)8(11)5-16(2,14)15/h3-4H,5H2,1-2H3,(H,12,13). The minimum absolute atomic E-state index is 0.0585. The number of nitrogens with zero attached hydrogens (tertiary/aromatic N) is 1. The van der Waals surface area contributed by atoms with Crippen LogP contribution in [0.1, 0.15) is 20.8 Å².